The molecule has 0 amide bonds. The summed E-state index contributed by atoms with van der Waals surface area (Å²) < 4.78 is 26.1. The first kappa shape index (κ1) is 21.4. The summed E-state index contributed by atoms with van der Waals surface area (Å²) in [6.45, 7) is 5.42. The van der Waals surface area contributed by atoms with Gasteiger partial charge in [-0.15, -0.1) is 0 Å². The van der Waals surface area contributed by atoms with E-state index in [-0.39, 0.29) is 5.97 Å². The molecule has 0 aliphatic heterocycles. The molecule has 0 atom stereocenters. The van der Waals surface area contributed by atoms with E-state index in [1.165, 1.54) is 21.0 Å². The maximum absolute atomic E-state index is 14.1. The molecule has 0 spiro atoms. The molecule has 0 fully saturated rings. The lowest BCUT2D eigenvalue weighted by molar-refractivity contribution is 0.0600. The molecular formula is C24H23FN4O3. The number of benzene rings is 2. The van der Waals surface area contributed by atoms with Crippen LogP contribution in [0.5, 0.6) is 0 Å². The fourth-order valence-electron chi connectivity index (χ4n) is 3.32. The first-order chi connectivity index (χ1) is 15.2. The standard InChI is InChI=1S/C24H23FN4O3/c1-15-12-20(27-29(15)14-16-6-5-7-18(13-16)23(30)31-4)22-26-21(28-32-22)17-8-10-19(11-9-17)24(2,3)25/h5-13H,14H2,1-4H3. The minimum Gasteiger partial charge on any atom is -0.465 e. The van der Waals surface area contributed by atoms with Crippen molar-refractivity contribution in [3.8, 4) is 23.0 Å². The van der Waals surface area contributed by atoms with Crippen molar-refractivity contribution in [3.63, 3.8) is 0 Å². The van der Waals surface area contributed by atoms with E-state index in [2.05, 4.69) is 15.2 Å². The highest BCUT2D eigenvalue weighted by atomic mass is 19.1. The number of hydrogen-bond acceptors (Lipinski definition) is 6. The second kappa shape index (κ2) is 8.37. The van der Waals surface area contributed by atoms with Crippen molar-refractivity contribution >= 4 is 5.97 Å². The molecule has 2 aromatic heterocycles. The Morgan fingerprint density at radius 1 is 1.16 bits per heavy atom. The number of carbonyl (C=O) groups excluding carboxylic acids is 1. The lowest BCUT2D eigenvalue weighted by Gasteiger charge is -2.14. The van der Waals surface area contributed by atoms with Gasteiger partial charge in [0.2, 0.25) is 5.82 Å². The van der Waals surface area contributed by atoms with Crippen molar-refractivity contribution in [2.24, 2.45) is 0 Å². The van der Waals surface area contributed by atoms with Gasteiger partial charge < -0.3 is 9.26 Å². The fourth-order valence-corrected chi connectivity index (χ4v) is 3.32. The number of alkyl halides is 1. The molecule has 0 bridgehead atoms. The van der Waals surface area contributed by atoms with Crippen LogP contribution in [0.4, 0.5) is 4.39 Å². The molecule has 0 saturated carbocycles. The predicted octanol–water partition coefficient (Wildman–Crippen LogP) is 4.95. The molecular weight excluding hydrogens is 411 g/mol. The Balaban J connectivity index is 1.55. The molecule has 0 N–H and O–H groups in total. The maximum Gasteiger partial charge on any atom is 0.337 e. The molecule has 8 heteroatoms. The molecule has 2 aromatic carbocycles. The smallest absolute Gasteiger partial charge is 0.337 e. The SMILES string of the molecule is COC(=O)c1cccc(Cn2nc(-c3nc(-c4ccc(C(C)(C)F)cc4)no3)cc2C)c1. The topological polar surface area (TPSA) is 83.0 Å². The first-order valence-electron chi connectivity index (χ1n) is 10.1. The van der Waals surface area contributed by atoms with Crippen LogP contribution in [0.15, 0.2) is 59.1 Å². The Morgan fingerprint density at radius 2 is 1.91 bits per heavy atom. The van der Waals surface area contributed by atoms with Gasteiger partial charge in [-0.1, -0.05) is 41.6 Å². The summed E-state index contributed by atoms with van der Waals surface area (Å²) in [5, 5.41) is 8.62. The van der Waals surface area contributed by atoms with Crippen LogP contribution in [-0.2, 0) is 17.0 Å². The van der Waals surface area contributed by atoms with Gasteiger partial charge in [-0.05, 0) is 50.1 Å². The van der Waals surface area contributed by atoms with E-state index in [0.29, 0.717) is 35.1 Å². The molecule has 7 nitrogen and oxygen atoms in total. The van der Waals surface area contributed by atoms with Crippen LogP contribution in [0.1, 0.15) is 41.0 Å². The van der Waals surface area contributed by atoms with Gasteiger partial charge in [0.05, 0.1) is 19.2 Å². The summed E-state index contributed by atoms with van der Waals surface area (Å²) in [6.07, 6.45) is 0. The van der Waals surface area contributed by atoms with E-state index in [4.69, 9.17) is 9.26 Å². The summed E-state index contributed by atoms with van der Waals surface area (Å²) >= 11 is 0. The zero-order valence-electron chi connectivity index (χ0n) is 18.3. The Morgan fingerprint density at radius 3 is 2.59 bits per heavy atom. The Labute approximate surface area is 184 Å². The van der Waals surface area contributed by atoms with Gasteiger partial charge in [0.1, 0.15) is 5.67 Å². The van der Waals surface area contributed by atoms with Gasteiger partial charge in [-0.25, -0.2) is 9.18 Å². The van der Waals surface area contributed by atoms with Crippen LogP contribution >= 0.6 is 0 Å². The molecule has 2 heterocycles. The monoisotopic (exact) mass is 434 g/mol. The number of nitrogens with zero attached hydrogens (tertiary/aromatic N) is 4. The number of methoxy groups -OCH3 is 1. The molecule has 0 aliphatic rings. The average molecular weight is 434 g/mol. The summed E-state index contributed by atoms with van der Waals surface area (Å²) in [6, 6.07) is 16.0. The molecule has 0 radical (unpaired) electrons. The Kier molecular flexibility index (Phi) is 5.61. The first-order valence-corrected chi connectivity index (χ1v) is 10.1. The number of carbonyl (C=O) groups is 1. The highest BCUT2D eigenvalue weighted by Crippen LogP contribution is 2.27. The quantitative estimate of drug-likeness (QED) is 0.400. The van der Waals surface area contributed by atoms with Gasteiger partial charge >= 0.3 is 5.97 Å². The number of aromatic nitrogens is 4. The van der Waals surface area contributed by atoms with Crippen molar-refractivity contribution in [1.29, 1.82) is 0 Å². The van der Waals surface area contributed by atoms with Crippen LogP contribution in [0.2, 0.25) is 0 Å². The second-order valence-electron chi connectivity index (χ2n) is 7.99. The minimum atomic E-state index is -1.42. The molecule has 4 aromatic rings. The van der Waals surface area contributed by atoms with Crippen LogP contribution in [0.3, 0.4) is 0 Å². The third kappa shape index (κ3) is 4.44. The number of halogens is 1. The normalized spacial score (nSPS) is 11.5. The van der Waals surface area contributed by atoms with Crippen molar-refractivity contribution in [1.82, 2.24) is 19.9 Å². The van der Waals surface area contributed by atoms with Crippen molar-refractivity contribution < 1.29 is 18.4 Å². The van der Waals surface area contributed by atoms with Crippen LogP contribution in [-0.4, -0.2) is 33.0 Å². The highest BCUT2D eigenvalue weighted by Gasteiger charge is 2.20. The Hall–Kier alpha value is -3.81. The summed E-state index contributed by atoms with van der Waals surface area (Å²) in [4.78, 5) is 16.2. The largest absolute Gasteiger partial charge is 0.465 e. The number of aryl methyl sites for hydroxylation is 1. The molecule has 32 heavy (non-hydrogen) atoms. The zero-order chi connectivity index (χ0) is 22.9. The van der Waals surface area contributed by atoms with E-state index in [9.17, 15) is 9.18 Å². The zero-order valence-corrected chi connectivity index (χ0v) is 18.3. The van der Waals surface area contributed by atoms with Gasteiger partial charge in [0.15, 0.2) is 5.69 Å². The molecule has 0 saturated heterocycles. The lowest BCUT2D eigenvalue weighted by atomic mass is 9.99. The Bertz CT molecular complexity index is 1250. The third-order valence-corrected chi connectivity index (χ3v) is 5.14. The summed E-state index contributed by atoms with van der Waals surface area (Å²) in [5.74, 6) is 0.312. The summed E-state index contributed by atoms with van der Waals surface area (Å²) in [7, 11) is 1.35. The van der Waals surface area contributed by atoms with Crippen molar-refractivity contribution in [3.05, 3.63) is 77.0 Å². The van der Waals surface area contributed by atoms with E-state index >= 15 is 0 Å². The molecule has 0 aliphatic carbocycles. The van der Waals surface area contributed by atoms with E-state index in [1.807, 2.05) is 19.1 Å². The lowest BCUT2D eigenvalue weighted by Crippen LogP contribution is -2.08. The number of ether oxygens (including phenoxy) is 1. The average Bonchev–Trinajstić information content (AvgIpc) is 3.40. The highest BCUT2D eigenvalue weighted by molar-refractivity contribution is 5.89. The number of rotatable bonds is 6. The summed E-state index contributed by atoms with van der Waals surface area (Å²) in [5.41, 5.74) is 2.73. The van der Waals surface area contributed by atoms with Crippen LogP contribution in [0.25, 0.3) is 23.0 Å². The molecule has 0 unspecified atom stereocenters. The van der Waals surface area contributed by atoms with Gasteiger partial charge in [-0.3, -0.25) is 4.68 Å². The maximum atomic E-state index is 14.1. The van der Waals surface area contributed by atoms with E-state index in [1.54, 1.807) is 47.1 Å². The molecule has 4 rings (SSSR count). The fraction of sp³-hybridized carbons (Fsp3) is 0.250. The predicted molar refractivity (Wildman–Crippen MR) is 117 cm³/mol. The molecule has 164 valence electrons. The van der Waals surface area contributed by atoms with E-state index < -0.39 is 5.67 Å². The number of esters is 1. The van der Waals surface area contributed by atoms with E-state index in [0.717, 1.165) is 16.8 Å². The van der Waals surface area contributed by atoms with Gasteiger partial charge in [-0.2, -0.15) is 10.1 Å². The van der Waals surface area contributed by atoms with Gasteiger partial charge in [0, 0.05) is 11.3 Å². The van der Waals surface area contributed by atoms with Crippen LogP contribution < -0.4 is 0 Å². The van der Waals surface area contributed by atoms with Crippen LogP contribution in [0, 0.1) is 6.92 Å². The third-order valence-electron chi connectivity index (χ3n) is 5.14. The van der Waals surface area contributed by atoms with Crippen molar-refractivity contribution in [2.45, 2.75) is 33.0 Å². The van der Waals surface area contributed by atoms with Gasteiger partial charge in [0.25, 0.3) is 5.89 Å². The minimum absolute atomic E-state index is 0.292. The second-order valence-corrected chi connectivity index (χ2v) is 7.99. The number of hydrogen-bond donors (Lipinski definition) is 0. The van der Waals surface area contributed by atoms with Crippen molar-refractivity contribution in [2.75, 3.05) is 7.11 Å².